The molecule has 0 spiro atoms. The Morgan fingerprint density at radius 2 is 1.96 bits per heavy atom. The minimum Gasteiger partial charge on any atom is -0.355 e. The quantitative estimate of drug-likeness (QED) is 0.619. The molecule has 0 aliphatic heterocycles. The van der Waals surface area contributed by atoms with Gasteiger partial charge in [0, 0.05) is 26.2 Å². The molecule has 0 fully saturated rings. The number of aryl methyl sites for hydroxylation is 2. The van der Waals surface area contributed by atoms with E-state index in [-0.39, 0.29) is 5.56 Å². The summed E-state index contributed by atoms with van der Waals surface area (Å²) in [6.07, 6.45) is 1.48. The molecule has 1 amide bonds. The van der Waals surface area contributed by atoms with E-state index >= 15 is 0 Å². The minimum absolute atomic E-state index is 0.169. The van der Waals surface area contributed by atoms with E-state index in [4.69, 9.17) is 11.6 Å². The molecule has 0 radical (unpaired) electrons. The van der Waals surface area contributed by atoms with Crippen LogP contribution in [-0.2, 0) is 7.05 Å². The Bertz CT molecular complexity index is 1000. The van der Waals surface area contributed by atoms with E-state index in [0.29, 0.717) is 22.2 Å². The molecule has 9 heteroatoms. The molecule has 0 aliphatic rings. The first-order chi connectivity index (χ1) is 12.9. The van der Waals surface area contributed by atoms with Crippen molar-refractivity contribution in [2.45, 2.75) is 6.92 Å². The maximum atomic E-state index is 13.5. The second kappa shape index (κ2) is 7.63. The number of amides is 1. The van der Waals surface area contributed by atoms with Gasteiger partial charge in [-0.2, -0.15) is 5.10 Å². The van der Waals surface area contributed by atoms with Gasteiger partial charge in [-0.1, -0.05) is 11.6 Å². The van der Waals surface area contributed by atoms with E-state index in [0.717, 1.165) is 17.6 Å². The smallest absolute Gasteiger partial charge is 0.253 e. The maximum absolute atomic E-state index is 13.5. The highest BCUT2D eigenvalue weighted by molar-refractivity contribution is 6.33. The van der Waals surface area contributed by atoms with Crippen molar-refractivity contribution in [1.82, 2.24) is 20.1 Å². The molecule has 0 unspecified atom stereocenters. The summed E-state index contributed by atoms with van der Waals surface area (Å²) in [5.74, 6) is 0.384. The first kappa shape index (κ1) is 18.7. The number of anilines is 4. The second-order valence-corrected chi connectivity index (χ2v) is 6.27. The topological polar surface area (TPSA) is 83.9 Å². The minimum atomic E-state index is -0.506. The van der Waals surface area contributed by atoms with Gasteiger partial charge in [0.25, 0.3) is 5.91 Å². The molecule has 27 heavy (non-hydrogen) atoms. The van der Waals surface area contributed by atoms with Crippen LogP contribution < -0.4 is 16.0 Å². The molecule has 2 aromatic heterocycles. The highest BCUT2D eigenvalue weighted by Crippen LogP contribution is 2.30. The highest BCUT2D eigenvalue weighted by atomic mass is 35.5. The predicted octanol–water partition coefficient (Wildman–Crippen LogP) is 3.76. The highest BCUT2D eigenvalue weighted by Gasteiger charge is 2.14. The van der Waals surface area contributed by atoms with Crippen molar-refractivity contribution >= 4 is 40.5 Å². The number of carbonyl (C=O) groups excluding carboxylic acids is 1. The van der Waals surface area contributed by atoms with Crippen LogP contribution in [0.4, 0.5) is 27.4 Å². The zero-order valence-electron chi connectivity index (χ0n) is 15.0. The number of halogens is 2. The van der Waals surface area contributed by atoms with E-state index in [1.165, 1.54) is 25.4 Å². The van der Waals surface area contributed by atoms with Gasteiger partial charge in [0.15, 0.2) is 0 Å². The summed E-state index contributed by atoms with van der Waals surface area (Å²) in [4.78, 5) is 16.3. The van der Waals surface area contributed by atoms with Gasteiger partial charge < -0.3 is 16.0 Å². The number of benzene rings is 1. The Balaban J connectivity index is 1.92. The number of rotatable bonds is 5. The zero-order chi connectivity index (χ0) is 19.6. The zero-order valence-corrected chi connectivity index (χ0v) is 15.7. The molecule has 3 rings (SSSR count). The fourth-order valence-electron chi connectivity index (χ4n) is 2.55. The summed E-state index contributed by atoms with van der Waals surface area (Å²) >= 11 is 6.24. The van der Waals surface area contributed by atoms with Gasteiger partial charge in [-0.15, -0.1) is 0 Å². The Hall–Kier alpha value is -3.13. The number of nitrogens with one attached hydrogen (secondary N) is 3. The molecule has 3 aromatic rings. The fourth-order valence-corrected chi connectivity index (χ4v) is 2.71. The van der Waals surface area contributed by atoms with E-state index in [2.05, 4.69) is 26.0 Å². The first-order valence-electron chi connectivity index (χ1n) is 8.09. The first-order valence-corrected chi connectivity index (χ1v) is 8.47. The van der Waals surface area contributed by atoms with Gasteiger partial charge in [-0.25, -0.2) is 9.37 Å². The number of nitrogens with zero attached hydrogens (tertiary/aromatic N) is 3. The molecule has 1 aromatic carbocycles. The van der Waals surface area contributed by atoms with Crippen molar-refractivity contribution < 1.29 is 9.18 Å². The monoisotopic (exact) mass is 388 g/mol. The van der Waals surface area contributed by atoms with Crippen LogP contribution in [0.3, 0.4) is 0 Å². The summed E-state index contributed by atoms with van der Waals surface area (Å²) < 4.78 is 15.2. The lowest BCUT2D eigenvalue weighted by Gasteiger charge is -2.14. The normalized spacial score (nSPS) is 10.6. The van der Waals surface area contributed by atoms with Crippen LogP contribution in [0.5, 0.6) is 0 Å². The van der Waals surface area contributed by atoms with Crippen LogP contribution >= 0.6 is 11.6 Å². The molecule has 140 valence electrons. The lowest BCUT2D eigenvalue weighted by atomic mass is 10.1. The van der Waals surface area contributed by atoms with Crippen LogP contribution in [0.2, 0.25) is 5.02 Å². The van der Waals surface area contributed by atoms with E-state index < -0.39 is 11.7 Å². The number of pyridine rings is 1. The van der Waals surface area contributed by atoms with Gasteiger partial charge >= 0.3 is 0 Å². The molecule has 7 nitrogen and oxygen atoms in total. The largest absolute Gasteiger partial charge is 0.355 e. The average molecular weight is 389 g/mol. The molecule has 0 bridgehead atoms. The summed E-state index contributed by atoms with van der Waals surface area (Å²) in [6, 6.07) is 7.48. The van der Waals surface area contributed by atoms with Crippen LogP contribution in [0, 0.1) is 12.7 Å². The Kier molecular flexibility index (Phi) is 5.27. The van der Waals surface area contributed by atoms with Gasteiger partial charge in [0.05, 0.1) is 33.9 Å². The van der Waals surface area contributed by atoms with E-state index in [1.807, 2.05) is 20.0 Å². The number of aromatic nitrogens is 3. The molecular formula is C18H18ClFN6O. The van der Waals surface area contributed by atoms with E-state index in [9.17, 15) is 9.18 Å². The maximum Gasteiger partial charge on any atom is 0.253 e. The third-order valence-corrected chi connectivity index (χ3v) is 4.14. The van der Waals surface area contributed by atoms with Crippen LogP contribution in [-0.4, -0.2) is 27.7 Å². The van der Waals surface area contributed by atoms with Crippen molar-refractivity contribution in [3.05, 3.63) is 58.6 Å². The van der Waals surface area contributed by atoms with Gasteiger partial charge in [-0.05, 0) is 25.1 Å². The molecule has 0 aliphatic carbocycles. The molecule has 0 saturated carbocycles. The molecule has 3 N–H and O–H groups in total. The van der Waals surface area contributed by atoms with Gasteiger partial charge in [0.1, 0.15) is 17.5 Å². The Morgan fingerprint density at radius 1 is 1.19 bits per heavy atom. The predicted molar refractivity (Wildman–Crippen MR) is 104 cm³/mol. The van der Waals surface area contributed by atoms with Crippen molar-refractivity contribution in [1.29, 1.82) is 0 Å². The van der Waals surface area contributed by atoms with Crippen LogP contribution in [0.15, 0.2) is 36.5 Å². The van der Waals surface area contributed by atoms with Crippen molar-refractivity contribution in [2.75, 3.05) is 17.7 Å². The lowest BCUT2D eigenvalue weighted by molar-refractivity contribution is 0.0963. The third kappa shape index (κ3) is 4.17. The Labute approximate surface area is 160 Å². The van der Waals surface area contributed by atoms with Crippen molar-refractivity contribution in [3.63, 3.8) is 0 Å². The summed E-state index contributed by atoms with van der Waals surface area (Å²) in [6.45, 7) is 1.89. The van der Waals surface area contributed by atoms with Crippen LogP contribution in [0.25, 0.3) is 0 Å². The number of carbonyl (C=O) groups is 1. The Morgan fingerprint density at radius 3 is 2.63 bits per heavy atom. The number of hydrogen-bond acceptors (Lipinski definition) is 5. The summed E-state index contributed by atoms with van der Waals surface area (Å²) in [5.41, 5.74) is 1.98. The summed E-state index contributed by atoms with van der Waals surface area (Å²) in [7, 11) is 3.30. The SMILES string of the molecule is CNC(=O)c1cc(F)ccc1Nc1cc(Nc2cc(C)nn2C)ncc1Cl. The molecule has 2 heterocycles. The van der Waals surface area contributed by atoms with Crippen LogP contribution in [0.1, 0.15) is 16.1 Å². The van der Waals surface area contributed by atoms with Crippen molar-refractivity contribution in [2.24, 2.45) is 7.05 Å². The average Bonchev–Trinajstić information content (AvgIpc) is 2.95. The molecule has 0 saturated heterocycles. The molecule has 0 atom stereocenters. The van der Waals surface area contributed by atoms with Gasteiger partial charge in [0.2, 0.25) is 0 Å². The lowest BCUT2D eigenvalue weighted by Crippen LogP contribution is -2.19. The summed E-state index contributed by atoms with van der Waals surface area (Å²) in [5, 5.41) is 13.3. The van der Waals surface area contributed by atoms with Crippen molar-refractivity contribution in [3.8, 4) is 0 Å². The fraction of sp³-hybridized carbons (Fsp3) is 0.167. The standard InChI is InChI=1S/C18H18ClFN6O/c1-10-6-17(26(3)25-10)24-16-8-15(13(19)9-22-16)23-14-5-4-11(20)7-12(14)18(27)21-2/h4-9H,1-3H3,(H,21,27)(H2,22,23,24). The number of hydrogen-bond donors (Lipinski definition) is 3. The second-order valence-electron chi connectivity index (χ2n) is 5.86. The molecular weight excluding hydrogens is 371 g/mol. The third-order valence-electron chi connectivity index (χ3n) is 3.84. The van der Waals surface area contributed by atoms with E-state index in [1.54, 1.807) is 10.7 Å². The van der Waals surface area contributed by atoms with Gasteiger partial charge in [-0.3, -0.25) is 9.48 Å².